The van der Waals surface area contributed by atoms with Gasteiger partial charge >= 0.3 is 59.0 Å². The van der Waals surface area contributed by atoms with Crippen LogP contribution in [-0.2, 0) is 9.19 Å². The summed E-state index contributed by atoms with van der Waals surface area (Å²) in [6.07, 6.45) is 2.91. The molecule has 1 atom stereocenters. The summed E-state index contributed by atoms with van der Waals surface area (Å²) in [4.78, 5) is 9.37. The standard InChI is InChI=1S/C9H24N3O3P.K.H/c1-2-3-4-9-16(13,14)15-12-8-7-11-6-5-10;;/h11-12H,2-10H2,1H3,(H,13,14);;. The molecule has 0 heterocycles. The number of nitrogens with one attached hydrogen (secondary N) is 2. The zero-order valence-corrected chi connectivity index (χ0v) is 10.8. The fourth-order valence-electron chi connectivity index (χ4n) is 1.12. The van der Waals surface area contributed by atoms with Crippen molar-refractivity contribution in [1.82, 2.24) is 10.8 Å². The van der Waals surface area contributed by atoms with E-state index in [9.17, 15) is 9.46 Å². The Morgan fingerprint density at radius 1 is 1.29 bits per heavy atom. The first kappa shape index (κ1) is 21.0. The summed E-state index contributed by atoms with van der Waals surface area (Å²) in [5.74, 6) is 0. The molecule has 0 radical (unpaired) electrons. The van der Waals surface area contributed by atoms with E-state index in [1.165, 1.54) is 0 Å². The van der Waals surface area contributed by atoms with E-state index in [4.69, 9.17) is 10.4 Å². The quantitative estimate of drug-likeness (QED) is 0.182. The van der Waals surface area contributed by atoms with E-state index in [1.54, 1.807) is 0 Å². The molecule has 0 bridgehead atoms. The molecule has 0 spiro atoms. The molecule has 1 unspecified atom stereocenters. The molecule has 0 amide bonds. The average Bonchev–Trinajstić information content (AvgIpc) is 2.23. The second kappa shape index (κ2) is 14.1. The van der Waals surface area contributed by atoms with E-state index in [0.29, 0.717) is 19.6 Å². The predicted molar refractivity (Wildman–Crippen MR) is 72.4 cm³/mol. The van der Waals surface area contributed by atoms with Crippen LogP contribution in [-0.4, -0.2) is 88.6 Å². The van der Waals surface area contributed by atoms with Crippen molar-refractivity contribution in [1.29, 1.82) is 0 Å². The number of unbranched alkanes of at least 4 members (excludes halogenated alkanes) is 2. The molecule has 0 saturated heterocycles. The fourth-order valence-corrected chi connectivity index (χ4v) is 2.13. The first-order valence-corrected chi connectivity index (χ1v) is 7.52. The van der Waals surface area contributed by atoms with Crippen LogP contribution in [0.2, 0.25) is 0 Å². The van der Waals surface area contributed by atoms with E-state index in [2.05, 4.69) is 10.8 Å². The third kappa shape index (κ3) is 15.6. The molecule has 0 aliphatic carbocycles. The Morgan fingerprint density at radius 2 is 2.00 bits per heavy atom. The van der Waals surface area contributed by atoms with Gasteiger partial charge in [0.05, 0.1) is 6.16 Å². The number of nitrogens with two attached hydrogens (primary N) is 1. The average molecular weight is 293 g/mol. The van der Waals surface area contributed by atoms with E-state index in [1.807, 2.05) is 6.92 Å². The third-order valence-corrected chi connectivity index (χ3v) is 3.27. The van der Waals surface area contributed by atoms with Crippen LogP contribution in [0.25, 0.3) is 0 Å². The van der Waals surface area contributed by atoms with Crippen molar-refractivity contribution in [3.8, 4) is 0 Å². The van der Waals surface area contributed by atoms with Crippen LogP contribution in [0.1, 0.15) is 26.2 Å². The van der Waals surface area contributed by atoms with Crippen LogP contribution < -0.4 is 16.5 Å². The van der Waals surface area contributed by atoms with Gasteiger partial charge in [-0.15, -0.1) is 0 Å². The summed E-state index contributed by atoms with van der Waals surface area (Å²) < 4.78 is 16.2. The molecule has 0 aromatic rings. The Labute approximate surface area is 146 Å². The van der Waals surface area contributed by atoms with Gasteiger partial charge in [-0.05, 0) is 6.42 Å². The monoisotopic (exact) mass is 293 g/mol. The summed E-state index contributed by atoms with van der Waals surface area (Å²) >= 11 is 0. The number of hydrogen-bond acceptors (Lipinski definition) is 5. The molecular weight excluding hydrogens is 268 g/mol. The molecular formula is C9H25KN3O3P. The van der Waals surface area contributed by atoms with Gasteiger partial charge in [0.1, 0.15) is 0 Å². The zero-order chi connectivity index (χ0) is 12.3. The van der Waals surface area contributed by atoms with Crippen LogP contribution in [0, 0.1) is 0 Å². The van der Waals surface area contributed by atoms with Gasteiger partial charge < -0.3 is 15.9 Å². The Morgan fingerprint density at radius 3 is 2.59 bits per heavy atom. The van der Waals surface area contributed by atoms with Gasteiger partial charge in [-0.1, -0.05) is 19.8 Å². The number of hydrogen-bond donors (Lipinski definition) is 4. The minimum absolute atomic E-state index is 0. The SMILES string of the molecule is CCCCCP(=O)(O)ONCCNCCN.[KH]. The van der Waals surface area contributed by atoms with Crippen LogP contribution >= 0.6 is 7.60 Å². The van der Waals surface area contributed by atoms with Gasteiger partial charge in [-0.3, -0.25) is 4.57 Å². The fraction of sp³-hybridized carbons (Fsp3) is 1.00. The van der Waals surface area contributed by atoms with Crippen LogP contribution in [0.5, 0.6) is 0 Å². The van der Waals surface area contributed by atoms with Crippen molar-refractivity contribution < 1.29 is 14.1 Å². The van der Waals surface area contributed by atoms with Crippen LogP contribution in [0.3, 0.4) is 0 Å². The molecule has 5 N–H and O–H groups in total. The molecule has 0 aromatic heterocycles. The Balaban J connectivity index is 0. The van der Waals surface area contributed by atoms with Crippen molar-refractivity contribution in [2.75, 3.05) is 32.3 Å². The van der Waals surface area contributed by atoms with Gasteiger partial charge in [-0.2, -0.15) is 5.48 Å². The Hall–Kier alpha value is 1.67. The first-order valence-electron chi connectivity index (χ1n) is 5.76. The maximum absolute atomic E-state index is 11.4. The van der Waals surface area contributed by atoms with Gasteiger partial charge in [0.2, 0.25) is 0 Å². The summed E-state index contributed by atoms with van der Waals surface area (Å²) in [6.45, 7) is 4.50. The zero-order valence-electron chi connectivity index (χ0n) is 9.95. The van der Waals surface area contributed by atoms with Crippen molar-refractivity contribution in [3.63, 3.8) is 0 Å². The maximum atomic E-state index is 11.4. The van der Waals surface area contributed by atoms with Gasteiger partial charge in [0, 0.05) is 26.2 Å². The molecule has 100 valence electrons. The van der Waals surface area contributed by atoms with Gasteiger partial charge in [0.25, 0.3) is 0 Å². The van der Waals surface area contributed by atoms with E-state index in [0.717, 1.165) is 25.8 Å². The van der Waals surface area contributed by atoms with Gasteiger partial charge in [-0.25, -0.2) is 4.62 Å². The third-order valence-electron chi connectivity index (χ3n) is 1.98. The van der Waals surface area contributed by atoms with E-state index < -0.39 is 7.60 Å². The van der Waals surface area contributed by atoms with E-state index >= 15 is 0 Å². The second-order valence-electron chi connectivity index (χ2n) is 3.59. The van der Waals surface area contributed by atoms with Crippen molar-refractivity contribution in [3.05, 3.63) is 0 Å². The summed E-state index contributed by atoms with van der Waals surface area (Å²) in [7, 11) is -3.44. The molecule has 8 heteroatoms. The molecule has 17 heavy (non-hydrogen) atoms. The molecule has 0 rings (SSSR count). The first-order chi connectivity index (χ1) is 7.62. The normalized spacial score (nSPS) is 14.1. The van der Waals surface area contributed by atoms with Crippen molar-refractivity contribution in [2.24, 2.45) is 5.73 Å². The molecule has 6 nitrogen and oxygen atoms in total. The van der Waals surface area contributed by atoms with Crippen LogP contribution in [0.15, 0.2) is 0 Å². The predicted octanol–water partition coefficient (Wildman–Crippen LogP) is -0.217. The molecule has 0 aliphatic heterocycles. The Kier molecular flexibility index (Phi) is 17.4. The van der Waals surface area contributed by atoms with E-state index in [-0.39, 0.29) is 57.5 Å². The Bertz CT molecular complexity index is 210. The topological polar surface area (TPSA) is 96.6 Å². The number of hydroxylamine groups is 1. The van der Waals surface area contributed by atoms with Crippen molar-refractivity contribution >= 4 is 59.0 Å². The second-order valence-corrected chi connectivity index (χ2v) is 5.50. The molecule has 0 aliphatic rings. The summed E-state index contributed by atoms with van der Waals surface area (Å²) in [5, 5.41) is 3.03. The summed E-state index contributed by atoms with van der Waals surface area (Å²) in [6, 6.07) is 0. The molecule has 0 aromatic carbocycles. The minimum atomic E-state index is -3.44. The molecule has 0 fully saturated rings. The van der Waals surface area contributed by atoms with Gasteiger partial charge in [0.15, 0.2) is 0 Å². The van der Waals surface area contributed by atoms with Crippen LogP contribution in [0.4, 0.5) is 0 Å². The molecule has 0 saturated carbocycles. The summed E-state index contributed by atoms with van der Waals surface area (Å²) in [5.41, 5.74) is 7.78. The van der Waals surface area contributed by atoms with Crippen molar-refractivity contribution in [2.45, 2.75) is 26.2 Å². The number of rotatable bonds is 11.